The van der Waals surface area contributed by atoms with E-state index in [0.29, 0.717) is 28.5 Å². The summed E-state index contributed by atoms with van der Waals surface area (Å²) >= 11 is 6.26. The molecule has 232 valence electrons. The van der Waals surface area contributed by atoms with Crippen molar-refractivity contribution in [1.29, 1.82) is 0 Å². The second kappa shape index (κ2) is 13.7. The van der Waals surface area contributed by atoms with Crippen molar-refractivity contribution < 1.29 is 33.0 Å². The Hall–Kier alpha value is -4.46. The van der Waals surface area contributed by atoms with E-state index in [1.165, 1.54) is 14.2 Å². The molecule has 3 aromatic carbocycles. The monoisotopic (exact) mass is 626 g/mol. The molecule has 5 rings (SSSR count). The summed E-state index contributed by atoms with van der Waals surface area (Å²) < 4.78 is 23.4. The molecule has 1 atom stereocenters. The second-order valence-electron chi connectivity index (χ2n) is 11.1. The molecule has 0 N–H and O–H groups in total. The number of allylic oxidation sites excluding steroid dienone is 2. The number of hydrogen-bond donors (Lipinski definition) is 0. The number of ether oxygens (including phenoxy) is 3. The minimum absolute atomic E-state index is 0.0144. The van der Waals surface area contributed by atoms with Crippen LogP contribution >= 0.6 is 11.6 Å². The Morgan fingerprint density at radius 2 is 1.42 bits per heavy atom. The highest BCUT2D eigenvalue weighted by atomic mass is 35.5. The molecule has 0 fully saturated rings. The summed E-state index contributed by atoms with van der Waals surface area (Å²) in [6.45, 7) is 1.55. The standard InChI is InChI=1S/C37H35ClO7/c1-23(39)15-20-28(24-11-7-5-8-12-24)29-21-37(35(40)43-3,36(41)44-4)22-30-31(29)32(33(42-2)25-13-9-6-10-14-25)34(45-30)26-16-18-27(38)19-17-26/h5-14,16-19,33H,15,20-22H2,1-4H3/b29-28+/t33-/m1/s1. The number of esters is 2. The third kappa shape index (κ3) is 6.23. The minimum atomic E-state index is -1.72. The van der Waals surface area contributed by atoms with Crippen molar-refractivity contribution in [3.05, 3.63) is 118 Å². The van der Waals surface area contributed by atoms with E-state index in [4.69, 9.17) is 30.2 Å². The molecule has 0 bridgehead atoms. The lowest BCUT2D eigenvalue weighted by molar-refractivity contribution is -0.169. The molecule has 7 nitrogen and oxygen atoms in total. The largest absolute Gasteiger partial charge is 0.468 e. The number of carbonyl (C=O) groups excluding carboxylic acids is 3. The number of furan rings is 1. The fourth-order valence-corrected chi connectivity index (χ4v) is 6.35. The van der Waals surface area contributed by atoms with Crippen molar-refractivity contribution in [2.45, 2.75) is 38.7 Å². The molecule has 0 aliphatic heterocycles. The average Bonchev–Trinajstić information content (AvgIpc) is 3.44. The Morgan fingerprint density at radius 1 is 0.822 bits per heavy atom. The summed E-state index contributed by atoms with van der Waals surface area (Å²) in [6.07, 6.45) is -0.0644. The third-order valence-electron chi connectivity index (χ3n) is 8.33. The molecule has 0 radical (unpaired) electrons. The van der Waals surface area contributed by atoms with E-state index in [1.807, 2.05) is 72.8 Å². The van der Waals surface area contributed by atoms with Crippen molar-refractivity contribution in [2.75, 3.05) is 21.3 Å². The molecular formula is C37H35ClO7. The van der Waals surface area contributed by atoms with Gasteiger partial charge in [-0.1, -0.05) is 72.3 Å². The summed E-state index contributed by atoms with van der Waals surface area (Å²) in [6, 6.07) is 26.7. The van der Waals surface area contributed by atoms with Crippen LogP contribution in [0.2, 0.25) is 5.02 Å². The lowest BCUT2D eigenvalue weighted by atomic mass is 9.68. The average molecular weight is 627 g/mol. The summed E-state index contributed by atoms with van der Waals surface area (Å²) in [5.41, 5.74) is 3.77. The van der Waals surface area contributed by atoms with Gasteiger partial charge in [-0.05, 0) is 59.9 Å². The zero-order valence-corrected chi connectivity index (χ0v) is 26.5. The number of halogens is 1. The van der Waals surface area contributed by atoms with Crippen LogP contribution < -0.4 is 0 Å². The van der Waals surface area contributed by atoms with Crippen LogP contribution in [0.1, 0.15) is 60.3 Å². The Balaban J connectivity index is 1.93. The first kappa shape index (κ1) is 31.9. The first-order valence-corrected chi connectivity index (χ1v) is 15.0. The first-order chi connectivity index (χ1) is 21.7. The van der Waals surface area contributed by atoms with Gasteiger partial charge in [0, 0.05) is 48.1 Å². The molecule has 1 aliphatic carbocycles. The Kier molecular flexibility index (Phi) is 9.71. The van der Waals surface area contributed by atoms with E-state index in [-0.39, 0.29) is 25.0 Å². The predicted octanol–water partition coefficient (Wildman–Crippen LogP) is 7.89. The van der Waals surface area contributed by atoms with Gasteiger partial charge in [0.2, 0.25) is 0 Å². The zero-order chi connectivity index (χ0) is 32.1. The first-order valence-electron chi connectivity index (χ1n) is 14.7. The highest BCUT2D eigenvalue weighted by molar-refractivity contribution is 6.30. The number of methoxy groups -OCH3 is 3. The normalized spacial score (nSPS) is 15.5. The van der Waals surface area contributed by atoms with Gasteiger partial charge < -0.3 is 23.4 Å². The van der Waals surface area contributed by atoms with Crippen molar-refractivity contribution >= 4 is 40.5 Å². The van der Waals surface area contributed by atoms with Crippen LogP contribution in [0, 0.1) is 5.41 Å². The number of ketones is 1. The molecule has 0 amide bonds. The van der Waals surface area contributed by atoms with E-state index in [9.17, 15) is 14.4 Å². The summed E-state index contributed by atoms with van der Waals surface area (Å²) in [4.78, 5) is 39.5. The van der Waals surface area contributed by atoms with Crippen LogP contribution in [-0.2, 0) is 35.0 Å². The maximum absolute atomic E-state index is 13.6. The van der Waals surface area contributed by atoms with Gasteiger partial charge in [-0.15, -0.1) is 0 Å². The van der Waals surface area contributed by atoms with E-state index in [2.05, 4.69) is 0 Å². The maximum atomic E-state index is 13.6. The molecule has 1 aliphatic rings. The molecule has 0 unspecified atom stereocenters. The van der Waals surface area contributed by atoms with Crippen molar-refractivity contribution in [3.8, 4) is 11.3 Å². The molecule has 1 heterocycles. The molecule has 45 heavy (non-hydrogen) atoms. The Morgan fingerprint density at radius 3 is 1.98 bits per heavy atom. The zero-order valence-electron chi connectivity index (χ0n) is 25.7. The molecule has 1 aromatic heterocycles. The molecule has 0 saturated carbocycles. The van der Waals surface area contributed by atoms with E-state index < -0.39 is 23.5 Å². The van der Waals surface area contributed by atoms with Crippen LogP contribution in [-0.4, -0.2) is 39.1 Å². The van der Waals surface area contributed by atoms with Crippen molar-refractivity contribution in [3.63, 3.8) is 0 Å². The second-order valence-corrected chi connectivity index (χ2v) is 11.6. The number of Topliss-reactive ketones (excluding diaryl/α,β-unsaturated/α-hetero) is 1. The highest BCUT2D eigenvalue weighted by Gasteiger charge is 2.54. The van der Waals surface area contributed by atoms with Crippen LogP contribution in [0.25, 0.3) is 22.5 Å². The number of hydrogen-bond acceptors (Lipinski definition) is 7. The topological polar surface area (TPSA) is 92.0 Å². The summed E-state index contributed by atoms with van der Waals surface area (Å²) in [7, 11) is 4.14. The number of fused-ring (bicyclic) bond motifs is 1. The van der Waals surface area contributed by atoms with Crippen LogP contribution in [0.3, 0.4) is 0 Å². The van der Waals surface area contributed by atoms with Gasteiger partial charge in [0.15, 0.2) is 5.41 Å². The lowest BCUT2D eigenvalue weighted by Crippen LogP contribution is -2.45. The number of carbonyl (C=O) groups is 3. The molecular weight excluding hydrogens is 592 g/mol. The Bertz CT molecular complexity index is 1700. The molecule has 4 aromatic rings. The Labute approximate surface area is 267 Å². The van der Waals surface area contributed by atoms with Gasteiger partial charge in [-0.3, -0.25) is 9.59 Å². The van der Waals surface area contributed by atoms with Crippen LogP contribution in [0.15, 0.2) is 89.3 Å². The predicted molar refractivity (Wildman–Crippen MR) is 172 cm³/mol. The maximum Gasteiger partial charge on any atom is 0.324 e. The van der Waals surface area contributed by atoms with E-state index >= 15 is 0 Å². The fraction of sp³-hybridized carbons (Fsp3) is 0.270. The quantitative estimate of drug-likeness (QED) is 0.130. The lowest BCUT2D eigenvalue weighted by Gasteiger charge is -2.34. The number of benzene rings is 3. The summed E-state index contributed by atoms with van der Waals surface area (Å²) in [5, 5.41) is 0.564. The van der Waals surface area contributed by atoms with Gasteiger partial charge in [0.05, 0.1) is 14.2 Å². The molecule has 0 saturated heterocycles. The minimum Gasteiger partial charge on any atom is -0.468 e. The third-order valence-corrected chi connectivity index (χ3v) is 8.59. The van der Waals surface area contributed by atoms with Gasteiger partial charge >= 0.3 is 11.9 Å². The van der Waals surface area contributed by atoms with Gasteiger partial charge in [-0.2, -0.15) is 0 Å². The van der Waals surface area contributed by atoms with Crippen LogP contribution in [0.4, 0.5) is 0 Å². The molecule has 8 heteroatoms. The van der Waals surface area contributed by atoms with E-state index in [1.54, 1.807) is 26.2 Å². The smallest absolute Gasteiger partial charge is 0.324 e. The summed E-state index contributed by atoms with van der Waals surface area (Å²) in [5.74, 6) is -0.501. The SMILES string of the molecule is COC(=O)C1(C(=O)OC)C/C(=C(/CCC(C)=O)c2ccccc2)c2c(oc(-c3ccc(Cl)cc3)c2[C@H](OC)c2ccccc2)C1. The van der Waals surface area contributed by atoms with Crippen molar-refractivity contribution in [2.24, 2.45) is 5.41 Å². The number of rotatable bonds is 10. The van der Waals surface area contributed by atoms with Gasteiger partial charge in [-0.25, -0.2) is 0 Å². The molecule has 0 spiro atoms. The van der Waals surface area contributed by atoms with E-state index in [0.717, 1.165) is 33.4 Å². The van der Waals surface area contributed by atoms with Gasteiger partial charge in [0.25, 0.3) is 0 Å². The van der Waals surface area contributed by atoms with Crippen LogP contribution in [0.5, 0.6) is 0 Å². The fourth-order valence-electron chi connectivity index (χ4n) is 6.22. The highest BCUT2D eigenvalue weighted by Crippen LogP contribution is 2.53. The van der Waals surface area contributed by atoms with Gasteiger partial charge in [0.1, 0.15) is 23.4 Å². The van der Waals surface area contributed by atoms with Crippen molar-refractivity contribution in [1.82, 2.24) is 0 Å².